The minimum Gasteiger partial charge on any atom is -0.384 e. The molecule has 22 heavy (non-hydrogen) atoms. The van der Waals surface area contributed by atoms with Crippen molar-refractivity contribution in [1.82, 2.24) is 14.8 Å². The first-order valence-corrected chi connectivity index (χ1v) is 7.16. The monoisotopic (exact) mass is 311 g/mol. The van der Waals surface area contributed by atoms with Crippen LogP contribution in [0.5, 0.6) is 0 Å². The Balaban J connectivity index is 2.05. The van der Waals surface area contributed by atoms with Crippen molar-refractivity contribution in [2.24, 2.45) is 0 Å². The predicted molar refractivity (Wildman–Crippen MR) is 87.0 cm³/mol. The molecule has 5 heteroatoms. The van der Waals surface area contributed by atoms with Crippen molar-refractivity contribution in [3.8, 4) is 0 Å². The summed E-state index contributed by atoms with van der Waals surface area (Å²) in [5, 5.41) is 15.5. The number of rotatable bonds is 4. The zero-order chi connectivity index (χ0) is 15.4. The molecule has 0 saturated carbocycles. The first kappa shape index (κ1) is 14.5. The zero-order valence-corrected chi connectivity index (χ0v) is 12.4. The lowest BCUT2D eigenvalue weighted by atomic mass is 9.96. The van der Waals surface area contributed by atoms with Crippen LogP contribution >= 0.6 is 11.6 Å². The van der Waals surface area contributed by atoms with Gasteiger partial charge in [0.05, 0.1) is 0 Å². The van der Waals surface area contributed by atoms with Gasteiger partial charge in [0, 0.05) is 16.8 Å². The lowest BCUT2D eigenvalue weighted by Gasteiger charge is -2.16. The molecule has 0 amide bonds. The Hall–Kier alpha value is -2.43. The van der Waals surface area contributed by atoms with Gasteiger partial charge in [0.15, 0.2) is 0 Å². The molecule has 1 unspecified atom stereocenters. The lowest BCUT2D eigenvalue weighted by Crippen LogP contribution is -2.03. The van der Waals surface area contributed by atoms with Crippen LogP contribution < -0.4 is 0 Å². The third kappa shape index (κ3) is 3.24. The molecule has 0 bridgehead atoms. The van der Waals surface area contributed by atoms with E-state index in [0.717, 1.165) is 11.1 Å². The molecule has 4 nitrogen and oxygen atoms in total. The van der Waals surface area contributed by atoms with Crippen molar-refractivity contribution >= 4 is 23.4 Å². The molecule has 0 aliphatic heterocycles. The van der Waals surface area contributed by atoms with Crippen molar-refractivity contribution < 1.29 is 5.11 Å². The van der Waals surface area contributed by atoms with Gasteiger partial charge in [-0.15, -0.1) is 0 Å². The Bertz CT molecular complexity index is 752. The van der Waals surface area contributed by atoms with E-state index < -0.39 is 6.10 Å². The molecule has 1 aromatic heterocycles. The molecule has 1 N–H and O–H groups in total. The van der Waals surface area contributed by atoms with Crippen LogP contribution in [0.4, 0.5) is 0 Å². The van der Waals surface area contributed by atoms with E-state index in [9.17, 15) is 5.11 Å². The number of hydrogen-bond donors (Lipinski definition) is 1. The predicted octanol–water partition coefficient (Wildman–Crippen LogP) is 3.66. The first-order valence-electron chi connectivity index (χ1n) is 6.79. The third-order valence-corrected chi connectivity index (χ3v) is 3.55. The molecule has 3 rings (SSSR count). The van der Waals surface area contributed by atoms with Crippen LogP contribution in [-0.4, -0.2) is 19.9 Å². The van der Waals surface area contributed by atoms with Gasteiger partial charge in [0.1, 0.15) is 18.8 Å². The molecule has 2 aromatic carbocycles. The summed E-state index contributed by atoms with van der Waals surface area (Å²) in [5.41, 5.74) is 2.40. The highest BCUT2D eigenvalue weighted by Crippen LogP contribution is 2.31. The summed E-state index contributed by atoms with van der Waals surface area (Å²) in [6.07, 6.45) is 4.01. The van der Waals surface area contributed by atoms with Crippen molar-refractivity contribution in [1.29, 1.82) is 0 Å². The fraction of sp³-hybridized carbons (Fsp3) is 0.0588. The quantitative estimate of drug-likeness (QED) is 0.800. The van der Waals surface area contributed by atoms with Crippen molar-refractivity contribution in [3.05, 3.63) is 83.4 Å². The molecular weight excluding hydrogens is 298 g/mol. The van der Waals surface area contributed by atoms with E-state index in [4.69, 9.17) is 11.6 Å². The number of halogens is 1. The summed E-state index contributed by atoms with van der Waals surface area (Å²) in [4.78, 5) is 3.92. The number of nitrogens with zero attached hydrogens (tertiary/aromatic N) is 3. The van der Waals surface area contributed by atoms with Gasteiger partial charge in [-0.3, -0.25) is 0 Å². The number of aromatic nitrogens is 3. The lowest BCUT2D eigenvalue weighted by molar-refractivity contribution is 0.238. The highest BCUT2D eigenvalue weighted by Gasteiger charge is 2.15. The maximum absolute atomic E-state index is 10.7. The molecule has 0 aliphatic rings. The van der Waals surface area contributed by atoms with Crippen LogP contribution in [0, 0.1) is 0 Å². The van der Waals surface area contributed by atoms with Crippen molar-refractivity contribution in [2.75, 3.05) is 0 Å². The summed E-state index contributed by atoms with van der Waals surface area (Å²) >= 11 is 5.95. The zero-order valence-electron chi connectivity index (χ0n) is 11.7. The van der Waals surface area contributed by atoms with Gasteiger partial charge in [0.2, 0.25) is 0 Å². The fourth-order valence-electron chi connectivity index (χ4n) is 2.19. The molecule has 1 heterocycles. The third-order valence-electron chi connectivity index (χ3n) is 3.30. The number of aliphatic hydroxyl groups is 1. The summed E-state index contributed by atoms with van der Waals surface area (Å²) in [7, 11) is 0. The minimum atomic E-state index is -0.772. The van der Waals surface area contributed by atoms with Gasteiger partial charge in [-0.25, -0.2) is 9.67 Å². The minimum absolute atomic E-state index is 0.651. The van der Waals surface area contributed by atoms with Gasteiger partial charge in [0.25, 0.3) is 0 Å². The van der Waals surface area contributed by atoms with E-state index >= 15 is 0 Å². The topological polar surface area (TPSA) is 50.9 Å². The molecule has 1 atom stereocenters. The van der Waals surface area contributed by atoms with E-state index in [1.807, 2.05) is 42.5 Å². The Morgan fingerprint density at radius 2 is 1.82 bits per heavy atom. The van der Waals surface area contributed by atoms with E-state index in [2.05, 4.69) is 10.1 Å². The van der Waals surface area contributed by atoms with Gasteiger partial charge >= 0.3 is 0 Å². The summed E-state index contributed by atoms with van der Waals surface area (Å²) < 4.78 is 1.57. The molecule has 0 spiro atoms. The van der Waals surface area contributed by atoms with E-state index in [0.29, 0.717) is 10.6 Å². The van der Waals surface area contributed by atoms with Gasteiger partial charge in [-0.1, -0.05) is 54.1 Å². The Labute approximate surface area is 133 Å². The van der Waals surface area contributed by atoms with Crippen LogP contribution in [0.3, 0.4) is 0 Å². The first-order chi connectivity index (χ1) is 10.7. The van der Waals surface area contributed by atoms with Crippen molar-refractivity contribution in [3.63, 3.8) is 0 Å². The molecule has 0 radical (unpaired) electrons. The summed E-state index contributed by atoms with van der Waals surface area (Å²) in [5.74, 6) is 0. The second-order valence-corrected chi connectivity index (χ2v) is 5.22. The Kier molecular flexibility index (Phi) is 4.32. The maximum atomic E-state index is 10.7. The van der Waals surface area contributed by atoms with E-state index in [-0.39, 0.29) is 0 Å². The smallest absolute Gasteiger partial charge is 0.138 e. The van der Waals surface area contributed by atoms with Crippen LogP contribution in [0.2, 0.25) is 5.02 Å². The van der Waals surface area contributed by atoms with E-state index in [1.165, 1.54) is 6.33 Å². The number of hydrogen-bond acceptors (Lipinski definition) is 3. The van der Waals surface area contributed by atoms with Gasteiger partial charge < -0.3 is 5.11 Å². The van der Waals surface area contributed by atoms with Gasteiger partial charge in [-0.05, 0) is 23.3 Å². The second-order valence-electron chi connectivity index (χ2n) is 4.78. The summed E-state index contributed by atoms with van der Waals surface area (Å²) in [6.45, 7) is 0. The molecule has 0 aliphatic carbocycles. The molecular formula is C17H14ClN3O. The second kappa shape index (κ2) is 6.56. The highest BCUT2D eigenvalue weighted by atomic mass is 35.5. The largest absolute Gasteiger partial charge is 0.384 e. The van der Waals surface area contributed by atoms with Crippen LogP contribution in [0.15, 0.2) is 67.3 Å². The van der Waals surface area contributed by atoms with E-state index in [1.54, 1.807) is 29.3 Å². The fourth-order valence-corrected chi connectivity index (χ4v) is 2.31. The Morgan fingerprint density at radius 1 is 1.09 bits per heavy atom. The maximum Gasteiger partial charge on any atom is 0.138 e. The van der Waals surface area contributed by atoms with Crippen molar-refractivity contribution in [2.45, 2.75) is 6.10 Å². The average Bonchev–Trinajstić information content (AvgIpc) is 3.07. The molecule has 3 aromatic rings. The standard InChI is InChI=1S/C17H14ClN3O/c18-15-8-6-13(7-9-15)16(10-21-12-19-11-20-21)17(22)14-4-2-1-3-5-14/h1-12,17,22H. The summed E-state index contributed by atoms with van der Waals surface area (Å²) in [6, 6.07) is 16.8. The highest BCUT2D eigenvalue weighted by molar-refractivity contribution is 6.30. The SMILES string of the molecule is OC(C(=Cn1cncn1)c1ccc(Cl)cc1)c1ccccc1. The Morgan fingerprint density at radius 3 is 2.45 bits per heavy atom. The molecule has 0 fully saturated rings. The van der Waals surface area contributed by atoms with Gasteiger partial charge in [-0.2, -0.15) is 5.10 Å². The average molecular weight is 312 g/mol. The molecule has 110 valence electrons. The van der Waals surface area contributed by atoms with Crippen LogP contribution in [0.25, 0.3) is 11.8 Å². The normalized spacial score (nSPS) is 13.1. The number of aliphatic hydroxyl groups excluding tert-OH is 1. The van der Waals surface area contributed by atoms with Crippen LogP contribution in [0.1, 0.15) is 17.2 Å². The molecule has 0 saturated heterocycles. The number of benzene rings is 2. The van der Waals surface area contributed by atoms with Crippen LogP contribution in [-0.2, 0) is 0 Å².